The van der Waals surface area contributed by atoms with Crippen LogP contribution in [-0.4, -0.2) is 18.4 Å². The molecule has 3 heteroatoms. The van der Waals surface area contributed by atoms with Gasteiger partial charge in [-0.2, -0.15) is 0 Å². The van der Waals surface area contributed by atoms with E-state index in [1.807, 2.05) is 0 Å². The number of rotatable bonds is 7. The van der Waals surface area contributed by atoms with Crippen molar-refractivity contribution in [2.24, 2.45) is 0 Å². The number of unbranched alkanes of at least 4 members (excludes halogenated alkanes) is 3. The average molecular weight is 186 g/mol. The fraction of sp³-hybridized carbons (Fsp3) is 0.800. The van der Waals surface area contributed by atoms with E-state index in [2.05, 4.69) is 6.92 Å². The fourth-order valence-corrected chi connectivity index (χ4v) is 0.969. The Morgan fingerprint density at radius 2 is 1.85 bits per heavy atom. The molecule has 0 spiro atoms. The Morgan fingerprint density at radius 1 is 1.15 bits per heavy atom. The van der Waals surface area contributed by atoms with Crippen LogP contribution in [0.3, 0.4) is 0 Å². The molecular weight excluding hydrogens is 168 g/mol. The van der Waals surface area contributed by atoms with Gasteiger partial charge in [0.1, 0.15) is 12.2 Å². The summed E-state index contributed by atoms with van der Waals surface area (Å²) < 4.78 is 4.84. The largest absolute Gasteiger partial charge is 0.465 e. The molecule has 0 amide bonds. The van der Waals surface area contributed by atoms with Gasteiger partial charge in [-0.15, -0.1) is 0 Å². The summed E-state index contributed by atoms with van der Waals surface area (Å²) in [6.07, 6.45) is 4.24. The Morgan fingerprint density at radius 3 is 2.38 bits per heavy atom. The smallest absolute Gasteiger partial charge is 0.313 e. The third kappa shape index (κ3) is 9.05. The Balaban J connectivity index is 3.22. The van der Waals surface area contributed by atoms with E-state index < -0.39 is 5.97 Å². The molecule has 0 saturated heterocycles. The van der Waals surface area contributed by atoms with Gasteiger partial charge in [-0.1, -0.05) is 26.2 Å². The topological polar surface area (TPSA) is 43.4 Å². The summed E-state index contributed by atoms with van der Waals surface area (Å²) in [6, 6.07) is 0. The summed E-state index contributed by atoms with van der Waals surface area (Å²) in [4.78, 5) is 21.3. The normalized spacial score (nSPS) is 9.69. The number of carbonyl (C=O) groups is 2. The monoisotopic (exact) mass is 186 g/mol. The second kappa shape index (κ2) is 7.77. The van der Waals surface area contributed by atoms with Crippen molar-refractivity contribution in [2.45, 2.75) is 46.0 Å². The molecule has 76 valence electrons. The van der Waals surface area contributed by atoms with Crippen LogP contribution in [0.5, 0.6) is 0 Å². The molecule has 0 aromatic heterocycles. The number of ether oxygens (including phenoxy) is 1. The molecule has 0 aromatic carbocycles. The van der Waals surface area contributed by atoms with Gasteiger partial charge >= 0.3 is 5.97 Å². The molecule has 0 bridgehead atoms. The molecule has 0 rings (SSSR count). The zero-order valence-corrected chi connectivity index (χ0v) is 8.47. The maximum Gasteiger partial charge on any atom is 0.313 e. The van der Waals surface area contributed by atoms with Gasteiger partial charge in [0.05, 0.1) is 6.61 Å². The average Bonchev–Trinajstić information content (AvgIpc) is 2.02. The molecular formula is C10H18O3. The lowest BCUT2D eigenvalue weighted by atomic mass is 10.2. The van der Waals surface area contributed by atoms with Crippen molar-refractivity contribution in [2.75, 3.05) is 6.61 Å². The van der Waals surface area contributed by atoms with E-state index >= 15 is 0 Å². The summed E-state index contributed by atoms with van der Waals surface area (Å²) in [6.45, 7) is 3.96. The van der Waals surface area contributed by atoms with Gasteiger partial charge in [0, 0.05) is 0 Å². The van der Waals surface area contributed by atoms with Crippen molar-refractivity contribution in [1.29, 1.82) is 0 Å². The van der Waals surface area contributed by atoms with Crippen LogP contribution in [0.2, 0.25) is 0 Å². The quantitative estimate of drug-likeness (QED) is 0.347. The summed E-state index contributed by atoms with van der Waals surface area (Å²) >= 11 is 0. The highest BCUT2D eigenvalue weighted by Crippen LogP contribution is 1.99. The number of esters is 1. The fourth-order valence-electron chi connectivity index (χ4n) is 0.969. The standard InChI is InChI=1S/C10H18O3/c1-3-4-5-6-7-13-10(12)8-9(2)11/h3-8H2,1-2H3. The molecule has 0 aromatic rings. The van der Waals surface area contributed by atoms with E-state index in [0.717, 1.165) is 12.8 Å². The predicted molar refractivity (Wildman–Crippen MR) is 50.4 cm³/mol. The van der Waals surface area contributed by atoms with Crippen molar-refractivity contribution in [1.82, 2.24) is 0 Å². The Labute approximate surface area is 79.5 Å². The van der Waals surface area contributed by atoms with E-state index in [1.54, 1.807) is 0 Å². The van der Waals surface area contributed by atoms with Gasteiger partial charge in [-0.05, 0) is 13.3 Å². The van der Waals surface area contributed by atoms with Gasteiger partial charge in [0.2, 0.25) is 0 Å². The van der Waals surface area contributed by atoms with Crippen molar-refractivity contribution < 1.29 is 14.3 Å². The van der Waals surface area contributed by atoms with Crippen LogP contribution in [0, 0.1) is 0 Å². The lowest BCUT2D eigenvalue weighted by Gasteiger charge is -2.02. The molecule has 0 fully saturated rings. The molecule has 0 aliphatic heterocycles. The van der Waals surface area contributed by atoms with Gasteiger partial charge in [-0.25, -0.2) is 0 Å². The van der Waals surface area contributed by atoms with Crippen LogP contribution in [-0.2, 0) is 14.3 Å². The van der Waals surface area contributed by atoms with Gasteiger partial charge in [0.25, 0.3) is 0 Å². The van der Waals surface area contributed by atoms with Crippen LogP contribution in [0.1, 0.15) is 46.0 Å². The minimum Gasteiger partial charge on any atom is -0.465 e. The minimum absolute atomic E-state index is 0.0895. The van der Waals surface area contributed by atoms with Crippen LogP contribution < -0.4 is 0 Å². The van der Waals surface area contributed by atoms with Crippen molar-refractivity contribution in [3.05, 3.63) is 0 Å². The second-order valence-corrected chi connectivity index (χ2v) is 3.16. The molecule has 0 unspecified atom stereocenters. The summed E-state index contributed by atoms with van der Waals surface area (Å²) in [5.41, 5.74) is 0. The Kier molecular flexibility index (Phi) is 7.26. The van der Waals surface area contributed by atoms with Crippen LogP contribution in [0.15, 0.2) is 0 Å². The molecule has 0 atom stereocenters. The summed E-state index contributed by atoms with van der Waals surface area (Å²) in [7, 11) is 0. The first-order chi connectivity index (χ1) is 6.16. The summed E-state index contributed by atoms with van der Waals surface area (Å²) in [5, 5.41) is 0. The number of Topliss-reactive ketones (excluding diaryl/α,β-unsaturated/α-hetero) is 1. The Bertz CT molecular complexity index is 164. The highest BCUT2D eigenvalue weighted by molar-refractivity contribution is 5.94. The molecule has 0 saturated carbocycles. The third-order valence-electron chi connectivity index (χ3n) is 1.65. The number of hydrogen-bond donors (Lipinski definition) is 0. The zero-order chi connectivity index (χ0) is 10.1. The Hall–Kier alpha value is -0.860. The van der Waals surface area contributed by atoms with E-state index in [0.29, 0.717) is 6.61 Å². The van der Waals surface area contributed by atoms with Crippen molar-refractivity contribution in [3.8, 4) is 0 Å². The van der Waals surface area contributed by atoms with Crippen molar-refractivity contribution in [3.63, 3.8) is 0 Å². The van der Waals surface area contributed by atoms with E-state index in [9.17, 15) is 9.59 Å². The highest BCUT2D eigenvalue weighted by Gasteiger charge is 2.04. The number of ketones is 1. The molecule has 0 aliphatic rings. The van der Waals surface area contributed by atoms with E-state index in [-0.39, 0.29) is 12.2 Å². The third-order valence-corrected chi connectivity index (χ3v) is 1.65. The van der Waals surface area contributed by atoms with Crippen LogP contribution >= 0.6 is 0 Å². The van der Waals surface area contributed by atoms with Gasteiger partial charge in [0.15, 0.2) is 0 Å². The molecule has 13 heavy (non-hydrogen) atoms. The number of carbonyl (C=O) groups excluding carboxylic acids is 2. The first-order valence-corrected chi connectivity index (χ1v) is 4.82. The lowest BCUT2D eigenvalue weighted by Crippen LogP contribution is -2.09. The van der Waals surface area contributed by atoms with E-state index in [1.165, 1.54) is 19.8 Å². The highest BCUT2D eigenvalue weighted by atomic mass is 16.5. The minimum atomic E-state index is -0.399. The first kappa shape index (κ1) is 12.1. The second-order valence-electron chi connectivity index (χ2n) is 3.16. The van der Waals surface area contributed by atoms with E-state index in [4.69, 9.17) is 4.74 Å². The SMILES string of the molecule is CCCCCCOC(=O)CC(C)=O. The molecule has 0 radical (unpaired) electrons. The summed E-state index contributed by atoms with van der Waals surface area (Å²) in [5.74, 6) is -0.539. The maximum atomic E-state index is 10.8. The van der Waals surface area contributed by atoms with Gasteiger partial charge in [-0.3, -0.25) is 9.59 Å². The molecule has 0 N–H and O–H groups in total. The number of hydrogen-bond acceptors (Lipinski definition) is 3. The maximum absolute atomic E-state index is 10.8. The molecule has 0 aliphatic carbocycles. The molecule has 3 nitrogen and oxygen atoms in total. The zero-order valence-electron chi connectivity index (χ0n) is 8.47. The lowest BCUT2D eigenvalue weighted by molar-refractivity contribution is -0.145. The predicted octanol–water partition coefficient (Wildman–Crippen LogP) is 2.09. The van der Waals surface area contributed by atoms with Gasteiger partial charge < -0.3 is 4.74 Å². The van der Waals surface area contributed by atoms with Crippen LogP contribution in [0.4, 0.5) is 0 Å². The van der Waals surface area contributed by atoms with Crippen LogP contribution in [0.25, 0.3) is 0 Å². The molecule has 0 heterocycles. The first-order valence-electron chi connectivity index (χ1n) is 4.82. The van der Waals surface area contributed by atoms with Crippen molar-refractivity contribution >= 4 is 11.8 Å².